The van der Waals surface area contributed by atoms with Gasteiger partial charge in [0.2, 0.25) is 0 Å². The van der Waals surface area contributed by atoms with E-state index >= 15 is 0 Å². The maximum Gasteiger partial charge on any atom is 0.306 e. The molecule has 8 nitrogen and oxygen atoms in total. The van der Waals surface area contributed by atoms with Crippen LogP contribution in [0.15, 0.2) is 60.3 Å². The molecule has 0 fully saturated rings. The quantitative estimate of drug-likeness (QED) is 0.510. The average Bonchev–Trinajstić information content (AvgIpc) is 2.87. The molecule has 0 saturated carbocycles. The predicted molar refractivity (Wildman–Crippen MR) is 122 cm³/mol. The molecule has 0 atom stereocenters. The summed E-state index contributed by atoms with van der Waals surface area (Å²) in [6.07, 6.45) is 1.51. The van der Waals surface area contributed by atoms with E-state index in [0.29, 0.717) is 18.5 Å². The fraction of sp³-hybridized carbons (Fsp3) is 0.286. The summed E-state index contributed by atoms with van der Waals surface area (Å²) in [5.74, 6) is -0.230. The topological polar surface area (TPSA) is 116 Å². The van der Waals surface area contributed by atoms with Gasteiger partial charge in [0.1, 0.15) is 16.4 Å². The molecule has 0 saturated heterocycles. The standard InChI is InChI=1S/C21H26N2O6S2/c1-15(2)23-21(24)19(20(31(23,27)28)17-7-5-4-6-8-17)22-14-13-16-9-11-18(12-10-16)29-30(3,25)26/h4-12,15,22,27-28H,13-14H2,1-3H3. The third-order valence-electron chi connectivity index (χ3n) is 4.58. The highest BCUT2D eigenvalue weighted by molar-refractivity contribution is 8.31. The Balaban J connectivity index is 1.80. The van der Waals surface area contributed by atoms with Gasteiger partial charge in [-0.1, -0.05) is 53.2 Å². The summed E-state index contributed by atoms with van der Waals surface area (Å²) in [5, 5.41) is 3.08. The van der Waals surface area contributed by atoms with Crippen LogP contribution in [0.4, 0.5) is 0 Å². The number of carbonyl (C=O) groups is 1. The minimum absolute atomic E-state index is 0.178. The van der Waals surface area contributed by atoms with Crippen LogP contribution in [-0.2, 0) is 21.3 Å². The van der Waals surface area contributed by atoms with E-state index < -0.39 is 32.8 Å². The molecule has 2 aromatic rings. The highest BCUT2D eigenvalue weighted by Gasteiger charge is 2.45. The van der Waals surface area contributed by atoms with E-state index in [-0.39, 0.29) is 16.4 Å². The van der Waals surface area contributed by atoms with Crippen LogP contribution in [0.2, 0.25) is 0 Å². The van der Waals surface area contributed by atoms with E-state index in [4.69, 9.17) is 4.18 Å². The number of rotatable bonds is 8. The molecule has 0 aliphatic carbocycles. The minimum atomic E-state index is -3.59. The van der Waals surface area contributed by atoms with Gasteiger partial charge in [-0.05, 0) is 38.0 Å². The minimum Gasteiger partial charge on any atom is -0.383 e. The first-order valence-corrected chi connectivity index (χ1v) is 13.0. The third kappa shape index (κ3) is 5.21. The lowest BCUT2D eigenvalue weighted by Crippen LogP contribution is -2.37. The van der Waals surface area contributed by atoms with Crippen molar-refractivity contribution in [3.8, 4) is 5.75 Å². The Morgan fingerprint density at radius 3 is 2.23 bits per heavy atom. The zero-order chi connectivity index (χ0) is 22.8. The number of benzene rings is 2. The zero-order valence-electron chi connectivity index (χ0n) is 17.5. The van der Waals surface area contributed by atoms with E-state index in [2.05, 4.69) is 5.32 Å². The Morgan fingerprint density at radius 2 is 1.68 bits per heavy atom. The normalized spacial score (nSPS) is 17.2. The van der Waals surface area contributed by atoms with Gasteiger partial charge in [-0.15, -0.1) is 0 Å². The number of carbonyl (C=O) groups excluding carboxylic acids is 1. The molecule has 3 N–H and O–H groups in total. The molecular weight excluding hydrogens is 440 g/mol. The molecule has 31 heavy (non-hydrogen) atoms. The van der Waals surface area contributed by atoms with Crippen molar-refractivity contribution in [2.75, 3.05) is 12.8 Å². The highest BCUT2D eigenvalue weighted by atomic mass is 32.3. The first kappa shape index (κ1) is 23.1. The molecule has 10 heteroatoms. The van der Waals surface area contributed by atoms with Crippen molar-refractivity contribution in [3.05, 3.63) is 71.4 Å². The van der Waals surface area contributed by atoms with Crippen LogP contribution in [0, 0.1) is 0 Å². The molecule has 0 radical (unpaired) electrons. The van der Waals surface area contributed by atoms with Crippen molar-refractivity contribution in [2.45, 2.75) is 26.3 Å². The van der Waals surface area contributed by atoms with Crippen LogP contribution in [-0.4, -0.2) is 46.6 Å². The molecule has 168 valence electrons. The van der Waals surface area contributed by atoms with Crippen LogP contribution in [0.1, 0.15) is 25.0 Å². The molecule has 1 amide bonds. The zero-order valence-corrected chi connectivity index (χ0v) is 19.1. The van der Waals surface area contributed by atoms with Crippen LogP contribution >= 0.6 is 10.8 Å². The number of hydrogen-bond donors (Lipinski definition) is 3. The van der Waals surface area contributed by atoms with Crippen molar-refractivity contribution in [1.29, 1.82) is 0 Å². The molecule has 0 aromatic heterocycles. The molecule has 1 aliphatic heterocycles. The summed E-state index contributed by atoms with van der Waals surface area (Å²) in [6.45, 7) is 3.83. The van der Waals surface area contributed by atoms with E-state index in [1.54, 1.807) is 62.4 Å². The van der Waals surface area contributed by atoms with Crippen molar-refractivity contribution in [2.24, 2.45) is 0 Å². The van der Waals surface area contributed by atoms with Gasteiger partial charge >= 0.3 is 10.1 Å². The van der Waals surface area contributed by atoms with Gasteiger partial charge in [0.05, 0.1) is 6.26 Å². The van der Waals surface area contributed by atoms with Crippen LogP contribution < -0.4 is 9.50 Å². The van der Waals surface area contributed by atoms with Gasteiger partial charge in [0, 0.05) is 18.2 Å². The Kier molecular flexibility index (Phi) is 6.65. The lowest BCUT2D eigenvalue weighted by molar-refractivity contribution is -0.123. The van der Waals surface area contributed by atoms with Gasteiger partial charge < -0.3 is 9.50 Å². The predicted octanol–water partition coefficient (Wildman–Crippen LogP) is 3.44. The number of nitrogens with zero attached hydrogens (tertiary/aromatic N) is 1. The van der Waals surface area contributed by atoms with Gasteiger partial charge in [-0.2, -0.15) is 8.42 Å². The monoisotopic (exact) mass is 466 g/mol. The van der Waals surface area contributed by atoms with Gasteiger partial charge in [0.25, 0.3) is 5.91 Å². The summed E-state index contributed by atoms with van der Waals surface area (Å²) in [4.78, 5) is 13.2. The van der Waals surface area contributed by atoms with Crippen LogP contribution in [0.5, 0.6) is 5.75 Å². The van der Waals surface area contributed by atoms with E-state index in [1.165, 1.54) is 0 Å². The number of amides is 1. The largest absolute Gasteiger partial charge is 0.383 e. The first-order valence-electron chi connectivity index (χ1n) is 9.64. The SMILES string of the molecule is CC(C)N1C(=O)C(NCCc2ccc(OS(C)(=O)=O)cc2)=C(c2ccccc2)S1(O)O. The van der Waals surface area contributed by atoms with Crippen molar-refractivity contribution in [3.63, 3.8) is 0 Å². The van der Waals surface area contributed by atoms with Gasteiger partial charge in [-0.25, -0.2) is 4.31 Å². The maximum atomic E-state index is 13.0. The van der Waals surface area contributed by atoms with Crippen molar-refractivity contribution >= 4 is 31.7 Å². The fourth-order valence-electron chi connectivity index (χ4n) is 3.35. The summed E-state index contributed by atoms with van der Waals surface area (Å²) in [5.41, 5.74) is 1.65. The fourth-order valence-corrected chi connectivity index (χ4v) is 5.81. The highest BCUT2D eigenvalue weighted by Crippen LogP contribution is 2.62. The van der Waals surface area contributed by atoms with Crippen molar-refractivity contribution in [1.82, 2.24) is 9.62 Å². The van der Waals surface area contributed by atoms with Crippen LogP contribution in [0.25, 0.3) is 4.91 Å². The molecular formula is C21H26N2O6S2. The van der Waals surface area contributed by atoms with Gasteiger partial charge in [0.15, 0.2) is 0 Å². The lowest BCUT2D eigenvalue weighted by Gasteiger charge is -2.40. The van der Waals surface area contributed by atoms with Crippen LogP contribution in [0.3, 0.4) is 0 Å². The molecule has 1 heterocycles. The first-order chi connectivity index (χ1) is 14.5. The molecule has 3 rings (SSSR count). The second-order valence-electron chi connectivity index (χ2n) is 7.42. The molecule has 1 aliphatic rings. The Bertz CT molecular complexity index is 1080. The maximum absolute atomic E-state index is 13.0. The van der Waals surface area contributed by atoms with Crippen molar-refractivity contribution < 1.29 is 26.5 Å². The van der Waals surface area contributed by atoms with E-state index in [9.17, 15) is 22.3 Å². The van der Waals surface area contributed by atoms with E-state index in [0.717, 1.165) is 16.1 Å². The molecule has 0 spiro atoms. The molecule has 2 aromatic carbocycles. The molecule has 0 unspecified atom stereocenters. The Hall–Kier alpha value is -2.53. The number of nitrogens with one attached hydrogen (secondary N) is 1. The second kappa shape index (κ2) is 8.91. The smallest absolute Gasteiger partial charge is 0.306 e. The Labute approximate surface area is 184 Å². The van der Waals surface area contributed by atoms with Gasteiger partial charge in [-0.3, -0.25) is 13.9 Å². The van der Waals surface area contributed by atoms with E-state index in [1.807, 2.05) is 6.07 Å². The lowest BCUT2D eigenvalue weighted by atomic mass is 10.1. The summed E-state index contributed by atoms with van der Waals surface area (Å²) >= 11 is 0. The summed E-state index contributed by atoms with van der Waals surface area (Å²) in [6, 6.07) is 15.0. The Morgan fingerprint density at radius 1 is 1.06 bits per heavy atom. The average molecular weight is 467 g/mol. The third-order valence-corrected chi connectivity index (χ3v) is 7.20. The summed E-state index contributed by atoms with van der Waals surface area (Å²) in [7, 11) is -7.05. The second-order valence-corrected chi connectivity index (χ2v) is 10.8. The number of hydrogen-bond acceptors (Lipinski definition) is 7. The molecule has 0 bridgehead atoms. The summed E-state index contributed by atoms with van der Waals surface area (Å²) < 4.78 is 50.1.